The minimum absolute atomic E-state index is 0.0675. The fourth-order valence-corrected chi connectivity index (χ4v) is 2.46. The molecule has 0 unspecified atom stereocenters. The molecule has 1 atom stereocenters. The average Bonchev–Trinajstić information content (AvgIpc) is 2.68. The van der Waals surface area contributed by atoms with E-state index in [1.54, 1.807) is 42.5 Å². The Morgan fingerprint density at radius 3 is 2.46 bits per heavy atom. The number of para-hydroxylation sites is 2. The summed E-state index contributed by atoms with van der Waals surface area (Å²) in [6.07, 6.45) is -0.899. The molecule has 1 amide bonds. The van der Waals surface area contributed by atoms with Crippen molar-refractivity contribution < 1.29 is 24.2 Å². The molecule has 1 aliphatic rings. The molecule has 0 saturated heterocycles. The number of hydrogen-bond donors (Lipinski definition) is 1. The van der Waals surface area contributed by atoms with Gasteiger partial charge >= 0.3 is 0 Å². The lowest BCUT2D eigenvalue weighted by Gasteiger charge is -2.24. The van der Waals surface area contributed by atoms with Crippen LogP contribution in [0, 0.1) is 0 Å². The molecule has 0 radical (unpaired) electrons. The van der Waals surface area contributed by atoms with Gasteiger partial charge in [-0.2, -0.15) is 5.10 Å². The summed E-state index contributed by atoms with van der Waals surface area (Å²) in [6.45, 7) is 0.0675. The van der Waals surface area contributed by atoms with Crippen molar-refractivity contribution in [2.75, 3.05) is 6.61 Å². The van der Waals surface area contributed by atoms with Crippen molar-refractivity contribution in [2.24, 2.45) is 5.10 Å². The maximum atomic E-state index is 12.3. The summed E-state index contributed by atoms with van der Waals surface area (Å²) in [5.74, 6) is -0.580. The number of carboxylic acids is 1. The minimum Gasteiger partial charge on any atom is -0.550 e. The zero-order valence-corrected chi connectivity index (χ0v) is 13.9. The van der Waals surface area contributed by atoms with Crippen molar-refractivity contribution in [2.45, 2.75) is 18.9 Å². The number of benzene rings is 2. The monoisotopic (exact) mass is 353 g/mol. The van der Waals surface area contributed by atoms with E-state index in [4.69, 9.17) is 9.47 Å². The van der Waals surface area contributed by atoms with Crippen LogP contribution in [0.1, 0.15) is 18.4 Å². The van der Waals surface area contributed by atoms with Gasteiger partial charge in [-0.3, -0.25) is 4.79 Å². The van der Waals surface area contributed by atoms with Crippen LogP contribution in [0.5, 0.6) is 11.5 Å². The molecule has 7 heteroatoms. The Morgan fingerprint density at radius 1 is 1.04 bits per heavy atom. The lowest BCUT2D eigenvalue weighted by atomic mass is 10.1. The van der Waals surface area contributed by atoms with E-state index in [2.05, 4.69) is 10.5 Å². The van der Waals surface area contributed by atoms with Gasteiger partial charge in [0.15, 0.2) is 11.5 Å². The zero-order chi connectivity index (χ0) is 18.4. The number of amides is 1. The fraction of sp³-hybridized carbons (Fsp3) is 0.211. The molecule has 0 saturated carbocycles. The summed E-state index contributed by atoms with van der Waals surface area (Å²) < 4.78 is 11.1. The SMILES string of the molecule is O=C([O-])CC/C(=N/NC(=O)[C@@H]1COc2ccccc2O1)c1ccccc1. The van der Waals surface area contributed by atoms with Gasteiger partial charge in [0.2, 0.25) is 6.10 Å². The number of hydrazone groups is 1. The van der Waals surface area contributed by atoms with Crippen LogP contribution < -0.4 is 20.0 Å². The maximum absolute atomic E-state index is 12.3. The molecule has 1 aliphatic heterocycles. The Morgan fingerprint density at radius 2 is 1.73 bits per heavy atom. The highest BCUT2D eigenvalue weighted by Gasteiger charge is 2.27. The third-order valence-corrected chi connectivity index (χ3v) is 3.78. The van der Waals surface area contributed by atoms with Crippen LogP contribution in [0.3, 0.4) is 0 Å². The zero-order valence-electron chi connectivity index (χ0n) is 13.9. The first kappa shape index (κ1) is 17.5. The Hall–Kier alpha value is -3.35. The third kappa shape index (κ3) is 4.38. The predicted octanol–water partition coefficient (Wildman–Crippen LogP) is 0.877. The molecule has 2 aromatic rings. The average molecular weight is 353 g/mol. The van der Waals surface area contributed by atoms with Gasteiger partial charge in [0, 0.05) is 5.97 Å². The van der Waals surface area contributed by atoms with Gasteiger partial charge in [-0.25, -0.2) is 5.43 Å². The minimum atomic E-state index is -1.18. The van der Waals surface area contributed by atoms with Gasteiger partial charge in [-0.1, -0.05) is 42.5 Å². The summed E-state index contributed by atoms with van der Waals surface area (Å²) in [6, 6.07) is 16.1. The molecule has 3 rings (SSSR count). The number of nitrogens with one attached hydrogen (secondary N) is 1. The van der Waals surface area contributed by atoms with Crippen LogP contribution in [-0.4, -0.2) is 30.3 Å². The highest BCUT2D eigenvalue weighted by molar-refractivity contribution is 6.02. The van der Waals surface area contributed by atoms with Crippen LogP contribution in [-0.2, 0) is 9.59 Å². The number of rotatable bonds is 6. The van der Waals surface area contributed by atoms with Gasteiger partial charge in [-0.05, 0) is 30.5 Å². The Balaban J connectivity index is 1.69. The number of carbonyl (C=O) groups is 2. The summed E-state index contributed by atoms with van der Waals surface area (Å²) >= 11 is 0. The van der Waals surface area contributed by atoms with E-state index in [1.165, 1.54) is 0 Å². The smallest absolute Gasteiger partial charge is 0.284 e. The second-order valence-electron chi connectivity index (χ2n) is 5.64. The van der Waals surface area contributed by atoms with E-state index >= 15 is 0 Å². The van der Waals surface area contributed by atoms with E-state index in [0.29, 0.717) is 17.2 Å². The number of nitrogens with zero attached hydrogens (tertiary/aromatic N) is 1. The van der Waals surface area contributed by atoms with Crippen molar-refractivity contribution in [3.8, 4) is 11.5 Å². The molecule has 134 valence electrons. The predicted molar refractivity (Wildman–Crippen MR) is 91.7 cm³/mol. The molecule has 1 heterocycles. The molecule has 0 bridgehead atoms. The van der Waals surface area contributed by atoms with E-state index < -0.39 is 18.0 Å². The summed E-state index contributed by atoms with van der Waals surface area (Å²) in [5.41, 5.74) is 3.60. The standard InChI is InChI=1S/C19H18N2O5/c22-18(23)11-10-14(13-6-2-1-3-7-13)20-21-19(24)17-12-25-15-8-4-5-9-16(15)26-17/h1-9,17H,10-12H2,(H,21,24)(H,22,23)/p-1/b20-14-/t17-/m0/s1. The molecule has 0 fully saturated rings. The number of carboxylic acid groups (broad SMARTS) is 1. The topological polar surface area (TPSA) is 100 Å². The van der Waals surface area contributed by atoms with E-state index in [9.17, 15) is 14.7 Å². The first-order valence-electron chi connectivity index (χ1n) is 8.13. The van der Waals surface area contributed by atoms with Gasteiger partial charge in [-0.15, -0.1) is 0 Å². The molecule has 0 aliphatic carbocycles. The van der Waals surface area contributed by atoms with Gasteiger partial charge in [0.05, 0.1) is 5.71 Å². The molecule has 7 nitrogen and oxygen atoms in total. The Bertz CT molecular complexity index is 820. The third-order valence-electron chi connectivity index (χ3n) is 3.78. The summed E-state index contributed by atoms with van der Waals surface area (Å²) in [5, 5.41) is 14.8. The van der Waals surface area contributed by atoms with Crippen LogP contribution >= 0.6 is 0 Å². The first-order valence-corrected chi connectivity index (χ1v) is 8.13. The van der Waals surface area contributed by atoms with E-state index in [1.807, 2.05) is 12.1 Å². The molecule has 0 aromatic heterocycles. The Labute approximate surface area is 150 Å². The lowest BCUT2D eigenvalue weighted by Crippen LogP contribution is -2.42. The molecular formula is C19H17N2O5-. The molecule has 0 spiro atoms. The first-order chi connectivity index (χ1) is 12.6. The number of aliphatic carboxylic acids is 1. The molecule has 1 N–H and O–H groups in total. The quantitative estimate of drug-likeness (QED) is 0.614. The van der Waals surface area contributed by atoms with Crippen molar-refractivity contribution in [3.05, 3.63) is 60.2 Å². The molecule has 26 heavy (non-hydrogen) atoms. The normalized spacial score (nSPS) is 16.0. The lowest BCUT2D eigenvalue weighted by molar-refractivity contribution is -0.305. The van der Waals surface area contributed by atoms with Crippen LogP contribution in [0.2, 0.25) is 0 Å². The number of ether oxygens (including phenoxy) is 2. The second-order valence-corrected chi connectivity index (χ2v) is 5.64. The van der Waals surface area contributed by atoms with Crippen molar-refractivity contribution in [1.82, 2.24) is 5.43 Å². The van der Waals surface area contributed by atoms with Crippen molar-refractivity contribution in [3.63, 3.8) is 0 Å². The summed E-state index contributed by atoms with van der Waals surface area (Å²) in [4.78, 5) is 23.1. The van der Waals surface area contributed by atoms with Crippen LogP contribution in [0.4, 0.5) is 0 Å². The van der Waals surface area contributed by atoms with Gasteiger partial charge < -0.3 is 19.4 Å². The Kier molecular flexibility index (Phi) is 5.48. The van der Waals surface area contributed by atoms with Gasteiger partial charge in [0.1, 0.15) is 6.61 Å². The largest absolute Gasteiger partial charge is 0.550 e. The van der Waals surface area contributed by atoms with Crippen molar-refractivity contribution >= 4 is 17.6 Å². The van der Waals surface area contributed by atoms with E-state index in [0.717, 1.165) is 5.56 Å². The van der Waals surface area contributed by atoms with Gasteiger partial charge in [0.25, 0.3) is 5.91 Å². The van der Waals surface area contributed by atoms with Crippen LogP contribution in [0.15, 0.2) is 59.7 Å². The fourth-order valence-electron chi connectivity index (χ4n) is 2.46. The second kappa shape index (κ2) is 8.15. The number of hydrogen-bond acceptors (Lipinski definition) is 6. The van der Waals surface area contributed by atoms with Crippen molar-refractivity contribution in [1.29, 1.82) is 0 Å². The molecular weight excluding hydrogens is 336 g/mol. The van der Waals surface area contributed by atoms with Crippen LogP contribution in [0.25, 0.3) is 0 Å². The molecule has 2 aromatic carbocycles. The maximum Gasteiger partial charge on any atom is 0.284 e. The van der Waals surface area contributed by atoms with E-state index in [-0.39, 0.29) is 19.4 Å². The summed E-state index contributed by atoms with van der Waals surface area (Å²) in [7, 11) is 0. The number of fused-ring (bicyclic) bond motifs is 1. The highest BCUT2D eigenvalue weighted by atomic mass is 16.6. The highest BCUT2D eigenvalue weighted by Crippen LogP contribution is 2.30. The number of carbonyl (C=O) groups excluding carboxylic acids is 2.